The lowest BCUT2D eigenvalue weighted by atomic mass is 9.92. The van der Waals surface area contributed by atoms with Gasteiger partial charge in [0.25, 0.3) is 11.8 Å². The number of ether oxygens (including phenoxy) is 2. The third-order valence-electron chi connectivity index (χ3n) is 5.86. The van der Waals surface area contributed by atoms with Crippen LogP contribution in [0.5, 0.6) is 0 Å². The zero-order valence-electron chi connectivity index (χ0n) is 19.5. The number of carbonyl (C=O) groups is 3. The number of rotatable bonds is 8. The highest BCUT2D eigenvalue weighted by molar-refractivity contribution is 6.14. The number of aliphatic hydroxyl groups excluding tert-OH is 1. The van der Waals surface area contributed by atoms with Gasteiger partial charge in [-0.1, -0.05) is 24.0 Å². The molecule has 8 nitrogen and oxygen atoms in total. The summed E-state index contributed by atoms with van der Waals surface area (Å²) in [6.45, 7) is 2.28. The molecule has 0 aromatic heterocycles. The van der Waals surface area contributed by atoms with Gasteiger partial charge in [0.1, 0.15) is 12.7 Å². The third kappa shape index (κ3) is 5.51. The van der Waals surface area contributed by atoms with Gasteiger partial charge in [0.2, 0.25) is 0 Å². The molecule has 1 atom stereocenters. The molecule has 2 aromatic rings. The van der Waals surface area contributed by atoms with Crippen LogP contribution in [0.15, 0.2) is 48.5 Å². The van der Waals surface area contributed by atoms with Gasteiger partial charge in [0.15, 0.2) is 11.3 Å². The summed E-state index contributed by atoms with van der Waals surface area (Å²) in [5, 5.41) is 11.7. The molecule has 2 aromatic carbocycles. The van der Waals surface area contributed by atoms with Crippen LogP contribution in [0.25, 0.3) is 0 Å². The number of nitrogens with one attached hydrogen (secondary N) is 1. The molecule has 0 bridgehead atoms. The quantitative estimate of drug-likeness (QED) is 0.449. The van der Waals surface area contributed by atoms with E-state index in [4.69, 9.17) is 9.47 Å². The van der Waals surface area contributed by atoms with E-state index in [9.17, 15) is 19.5 Å². The van der Waals surface area contributed by atoms with Crippen LogP contribution in [0.1, 0.15) is 34.0 Å². The fourth-order valence-electron chi connectivity index (χ4n) is 3.31. The van der Waals surface area contributed by atoms with Gasteiger partial charge in [-0.3, -0.25) is 14.4 Å². The zero-order chi connectivity index (χ0) is 24.7. The van der Waals surface area contributed by atoms with Gasteiger partial charge in [0.05, 0.1) is 19.8 Å². The van der Waals surface area contributed by atoms with Crippen molar-refractivity contribution in [2.45, 2.75) is 25.2 Å². The van der Waals surface area contributed by atoms with Gasteiger partial charge in [-0.15, -0.1) is 0 Å². The predicted octanol–water partition coefficient (Wildman–Crippen LogP) is 1.14. The molecule has 3 rings (SSSR count). The first kappa shape index (κ1) is 25.1. The van der Waals surface area contributed by atoms with E-state index in [2.05, 4.69) is 17.2 Å². The van der Waals surface area contributed by atoms with Crippen molar-refractivity contribution in [2.24, 2.45) is 0 Å². The average molecular weight is 465 g/mol. The number of nitrogens with zero attached hydrogens (tertiary/aromatic N) is 1. The highest BCUT2D eigenvalue weighted by Crippen LogP contribution is 2.19. The number of ketones is 1. The molecule has 1 aliphatic heterocycles. The molecule has 178 valence electrons. The monoisotopic (exact) mass is 464 g/mol. The van der Waals surface area contributed by atoms with E-state index in [1.54, 1.807) is 24.3 Å². The Bertz CT molecular complexity index is 1080. The van der Waals surface area contributed by atoms with Crippen molar-refractivity contribution in [3.8, 4) is 11.8 Å². The van der Waals surface area contributed by atoms with Crippen LogP contribution in [0.2, 0.25) is 0 Å². The largest absolute Gasteiger partial charge is 0.388 e. The normalized spacial score (nSPS) is 14.7. The maximum absolute atomic E-state index is 12.9. The van der Waals surface area contributed by atoms with Gasteiger partial charge in [-0.25, -0.2) is 0 Å². The smallest absolute Gasteiger partial charge is 0.254 e. The van der Waals surface area contributed by atoms with E-state index in [1.807, 2.05) is 24.3 Å². The zero-order valence-corrected chi connectivity index (χ0v) is 19.5. The number of hydrogen-bond donors (Lipinski definition) is 2. The topological polar surface area (TPSA) is 105 Å². The molecule has 0 unspecified atom stereocenters. The summed E-state index contributed by atoms with van der Waals surface area (Å²) >= 11 is 0. The summed E-state index contributed by atoms with van der Waals surface area (Å²) < 4.78 is 10.8. The minimum atomic E-state index is -1.83. The Kier molecular flexibility index (Phi) is 8.18. The molecular formula is C26H28N2O6. The van der Waals surface area contributed by atoms with E-state index in [0.29, 0.717) is 25.4 Å². The number of likely N-dealkylation sites (N-methyl/N-ethyl adjacent to an activating group) is 2. The Morgan fingerprint density at radius 1 is 1.09 bits per heavy atom. The molecule has 1 aliphatic rings. The summed E-state index contributed by atoms with van der Waals surface area (Å²) in [5.41, 5.74) is 1.07. The number of aliphatic hydroxyl groups is 1. The van der Waals surface area contributed by atoms with E-state index >= 15 is 0 Å². The Balaban J connectivity index is 1.66. The van der Waals surface area contributed by atoms with Crippen molar-refractivity contribution in [2.75, 3.05) is 33.9 Å². The number of Topliss-reactive ketones (excluding diaryl/α,β-unsaturated/α-hetero) is 1. The third-order valence-corrected chi connectivity index (χ3v) is 5.86. The van der Waals surface area contributed by atoms with Crippen LogP contribution < -0.4 is 5.32 Å². The number of carbonyl (C=O) groups excluding carboxylic acids is 3. The summed E-state index contributed by atoms with van der Waals surface area (Å²) in [5.74, 6) is 4.15. The molecule has 1 heterocycles. The molecule has 0 aliphatic carbocycles. The summed E-state index contributed by atoms with van der Waals surface area (Å²) in [4.78, 5) is 38.5. The fourth-order valence-corrected chi connectivity index (χ4v) is 3.31. The van der Waals surface area contributed by atoms with Crippen molar-refractivity contribution < 1.29 is 29.0 Å². The van der Waals surface area contributed by atoms with E-state index < -0.39 is 29.7 Å². The van der Waals surface area contributed by atoms with Crippen molar-refractivity contribution in [1.29, 1.82) is 0 Å². The predicted molar refractivity (Wildman–Crippen MR) is 125 cm³/mol. The van der Waals surface area contributed by atoms with Gasteiger partial charge in [0, 0.05) is 30.8 Å². The van der Waals surface area contributed by atoms with Crippen LogP contribution in [0, 0.1) is 11.8 Å². The summed E-state index contributed by atoms with van der Waals surface area (Å²) in [6, 6.07) is 14.4. The molecule has 0 saturated carbocycles. The molecule has 1 fully saturated rings. The SMILES string of the molecule is CNC(=O)[C@@](C)(C(=O)CO)N(C)C(=O)c1ccc(C#Cc2ccc(COC3COC3)cc2)cc1. The number of amides is 2. The summed E-state index contributed by atoms with van der Waals surface area (Å²) in [7, 11) is 2.72. The summed E-state index contributed by atoms with van der Waals surface area (Å²) in [6.07, 6.45) is 0.182. The highest BCUT2D eigenvalue weighted by Gasteiger charge is 2.46. The standard InChI is InChI=1S/C26H28N2O6/c1-26(23(30)14-29,25(32)27-2)28(3)24(31)21-12-10-19(11-13-21)5-4-18-6-8-20(9-7-18)15-34-22-16-33-17-22/h6-13,22,29H,14-17H2,1-3H3,(H,27,32)/t26-/m1/s1. The van der Waals surface area contributed by atoms with Gasteiger partial charge in [-0.2, -0.15) is 0 Å². The van der Waals surface area contributed by atoms with Crippen molar-refractivity contribution in [3.05, 3.63) is 70.8 Å². The average Bonchev–Trinajstić information content (AvgIpc) is 2.85. The van der Waals surface area contributed by atoms with Crippen LogP contribution in [0.4, 0.5) is 0 Å². The van der Waals surface area contributed by atoms with Crippen LogP contribution in [0.3, 0.4) is 0 Å². The number of hydrogen-bond acceptors (Lipinski definition) is 6. The maximum atomic E-state index is 12.9. The van der Waals surface area contributed by atoms with Crippen LogP contribution in [-0.4, -0.2) is 73.2 Å². The Morgan fingerprint density at radius 2 is 1.65 bits per heavy atom. The first-order valence-electron chi connectivity index (χ1n) is 10.8. The Morgan fingerprint density at radius 3 is 2.12 bits per heavy atom. The highest BCUT2D eigenvalue weighted by atomic mass is 16.6. The second-order valence-electron chi connectivity index (χ2n) is 8.09. The Hall–Kier alpha value is -3.51. The molecule has 1 saturated heterocycles. The second-order valence-corrected chi connectivity index (χ2v) is 8.09. The molecule has 0 spiro atoms. The first-order valence-corrected chi connectivity index (χ1v) is 10.8. The minimum Gasteiger partial charge on any atom is -0.388 e. The van der Waals surface area contributed by atoms with Crippen LogP contribution in [-0.2, 0) is 25.7 Å². The molecule has 2 N–H and O–H groups in total. The molecular weight excluding hydrogens is 436 g/mol. The fraction of sp³-hybridized carbons (Fsp3) is 0.346. The number of benzene rings is 2. The second kappa shape index (κ2) is 11.1. The van der Waals surface area contributed by atoms with Gasteiger partial charge < -0.3 is 24.8 Å². The Labute approximate surface area is 198 Å². The lowest BCUT2D eigenvalue weighted by Gasteiger charge is -2.35. The van der Waals surface area contributed by atoms with Gasteiger partial charge in [-0.05, 0) is 48.9 Å². The first-order chi connectivity index (χ1) is 16.3. The van der Waals surface area contributed by atoms with Gasteiger partial charge >= 0.3 is 0 Å². The van der Waals surface area contributed by atoms with Crippen molar-refractivity contribution >= 4 is 17.6 Å². The van der Waals surface area contributed by atoms with E-state index in [1.165, 1.54) is 21.0 Å². The van der Waals surface area contributed by atoms with E-state index in [-0.39, 0.29) is 11.7 Å². The minimum absolute atomic E-state index is 0.182. The lowest BCUT2D eigenvalue weighted by molar-refractivity contribution is -0.143. The van der Waals surface area contributed by atoms with Crippen molar-refractivity contribution in [3.63, 3.8) is 0 Å². The van der Waals surface area contributed by atoms with E-state index in [0.717, 1.165) is 16.0 Å². The molecule has 2 amide bonds. The molecule has 34 heavy (non-hydrogen) atoms. The molecule has 0 radical (unpaired) electrons. The lowest BCUT2D eigenvalue weighted by Crippen LogP contribution is -2.62. The van der Waals surface area contributed by atoms with Crippen molar-refractivity contribution in [1.82, 2.24) is 10.2 Å². The maximum Gasteiger partial charge on any atom is 0.254 e. The molecule has 8 heteroatoms. The van der Waals surface area contributed by atoms with Crippen LogP contribution >= 0.6 is 0 Å².